The lowest BCUT2D eigenvalue weighted by atomic mass is 10.1. The molecule has 0 saturated heterocycles. The summed E-state index contributed by atoms with van der Waals surface area (Å²) in [6, 6.07) is 11.3. The van der Waals surface area contributed by atoms with Gasteiger partial charge in [0.05, 0.1) is 30.3 Å². The second-order valence-electron chi connectivity index (χ2n) is 6.24. The highest BCUT2D eigenvalue weighted by molar-refractivity contribution is 6.07. The topological polar surface area (TPSA) is 53.3 Å². The monoisotopic (exact) mass is 392 g/mol. The zero-order chi connectivity index (χ0) is 20.8. The smallest absolute Gasteiger partial charge is 0.189 e. The van der Waals surface area contributed by atoms with Crippen molar-refractivity contribution >= 4 is 11.9 Å². The summed E-state index contributed by atoms with van der Waals surface area (Å²) >= 11 is 0. The summed E-state index contributed by atoms with van der Waals surface area (Å²) in [6.07, 6.45) is 6.35. The van der Waals surface area contributed by atoms with Gasteiger partial charge in [-0.25, -0.2) is 9.07 Å². The Morgan fingerprint density at radius 2 is 1.97 bits per heavy atom. The molecule has 0 N–H and O–H groups in total. The molecular weight excluding hydrogens is 371 g/mol. The SMILES string of the molecule is C=CCOc1ccc(/C=C/C(=O)c2cnn(-c3ccc(F)cc3)c2C)cc1OC. The maximum absolute atomic E-state index is 13.1. The molecule has 0 radical (unpaired) electrons. The van der Waals surface area contributed by atoms with Gasteiger partial charge in [0.1, 0.15) is 12.4 Å². The summed E-state index contributed by atoms with van der Waals surface area (Å²) < 4.78 is 25.6. The van der Waals surface area contributed by atoms with E-state index in [1.54, 1.807) is 55.1 Å². The Balaban J connectivity index is 1.79. The third kappa shape index (κ3) is 4.60. The third-order valence-corrected chi connectivity index (χ3v) is 4.32. The summed E-state index contributed by atoms with van der Waals surface area (Å²) in [5.41, 5.74) is 2.64. The number of carbonyl (C=O) groups excluding carboxylic acids is 1. The normalized spacial score (nSPS) is 10.9. The number of nitrogens with zero attached hydrogens (tertiary/aromatic N) is 2. The molecule has 3 aromatic rings. The minimum absolute atomic E-state index is 0.179. The van der Waals surface area contributed by atoms with Crippen LogP contribution in [0.3, 0.4) is 0 Å². The number of carbonyl (C=O) groups is 1. The van der Waals surface area contributed by atoms with Crippen LogP contribution in [0.2, 0.25) is 0 Å². The number of ketones is 1. The molecule has 1 heterocycles. The molecular formula is C23H21FN2O3. The number of hydrogen-bond acceptors (Lipinski definition) is 4. The van der Waals surface area contributed by atoms with Crippen LogP contribution in [0.1, 0.15) is 21.6 Å². The molecule has 2 aromatic carbocycles. The van der Waals surface area contributed by atoms with Gasteiger partial charge in [0.15, 0.2) is 17.3 Å². The molecule has 0 amide bonds. The molecule has 0 saturated carbocycles. The van der Waals surface area contributed by atoms with Crippen LogP contribution in [0.25, 0.3) is 11.8 Å². The number of hydrogen-bond donors (Lipinski definition) is 0. The van der Waals surface area contributed by atoms with Gasteiger partial charge in [-0.15, -0.1) is 0 Å². The minimum Gasteiger partial charge on any atom is -0.493 e. The molecule has 0 aliphatic rings. The van der Waals surface area contributed by atoms with Crippen molar-refractivity contribution in [1.82, 2.24) is 9.78 Å². The van der Waals surface area contributed by atoms with Crippen LogP contribution in [0.15, 0.2) is 67.4 Å². The molecule has 0 spiro atoms. The molecule has 148 valence electrons. The van der Waals surface area contributed by atoms with E-state index in [1.165, 1.54) is 24.4 Å². The quantitative estimate of drug-likeness (QED) is 0.314. The van der Waals surface area contributed by atoms with E-state index < -0.39 is 0 Å². The average molecular weight is 392 g/mol. The predicted octanol–water partition coefficient (Wildman–Crippen LogP) is 4.79. The van der Waals surface area contributed by atoms with E-state index in [0.717, 1.165) is 5.56 Å². The van der Waals surface area contributed by atoms with Crippen LogP contribution in [0, 0.1) is 12.7 Å². The van der Waals surface area contributed by atoms with Gasteiger partial charge in [0, 0.05) is 0 Å². The Labute approximate surface area is 168 Å². The zero-order valence-corrected chi connectivity index (χ0v) is 16.3. The van der Waals surface area contributed by atoms with E-state index in [4.69, 9.17) is 9.47 Å². The van der Waals surface area contributed by atoms with E-state index >= 15 is 0 Å². The van der Waals surface area contributed by atoms with Gasteiger partial charge in [-0.1, -0.05) is 24.8 Å². The van der Waals surface area contributed by atoms with E-state index in [-0.39, 0.29) is 11.6 Å². The van der Waals surface area contributed by atoms with Crippen molar-refractivity contribution in [2.75, 3.05) is 13.7 Å². The first-order valence-electron chi connectivity index (χ1n) is 8.98. The van der Waals surface area contributed by atoms with Crippen molar-refractivity contribution in [2.24, 2.45) is 0 Å². The van der Waals surface area contributed by atoms with Gasteiger partial charge >= 0.3 is 0 Å². The molecule has 0 fully saturated rings. The van der Waals surface area contributed by atoms with Crippen LogP contribution >= 0.6 is 0 Å². The Bertz CT molecular complexity index is 1050. The summed E-state index contributed by atoms with van der Waals surface area (Å²) in [7, 11) is 1.56. The van der Waals surface area contributed by atoms with Crippen molar-refractivity contribution in [3.05, 3.63) is 90.0 Å². The fraction of sp³-hybridized carbons (Fsp3) is 0.130. The zero-order valence-electron chi connectivity index (χ0n) is 16.3. The molecule has 29 heavy (non-hydrogen) atoms. The van der Waals surface area contributed by atoms with Crippen molar-refractivity contribution in [3.63, 3.8) is 0 Å². The highest BCUT2D eigenvalue weighted by Gasteiger charge is 2.13. The number of methoxy groups -OCH3 is 1. The molecule has 0 aliphatic heterocycles. The maximum Gasteiger partial charge on any atom is 0.189 e. The first-order chi connectivity index (χ1) is 14.0. The van der Waals surface area contributed by atoms with E-state index in [1.807, 2.05) is 6.07 Å². The van der Waals surface area contributed by atoms with Crippen molar-refractivity contribution in [1.29, 1.82) is 0 Å². The van der Waals surface area contributed by atoms with Crippen molar-refractivity contribution < 1.29 is 18.7 Å². The summed E-state index contributed by atoms with van der Waals surface area (Å²) in [4.78, 5) is 12.6. The van der Waals surface area contributed by atoms with Gasteiger partial charge in [0.25, 0.3) is 0 Å². The highest BCUT2D eigenvalue weighted by atomic mass is 19.1. The Morgan fingerprint density at radius 3 is 2.66 bits per heavy atom. The Kier molecular flexibility index (Phi) is 6.24. The number of rotatable bonds is 8. The lowest BCUT2D eigenvalue weighted by Gasteiger charge is -2.09. The van der Waals surface area contributed by atoms with Crippen LogP contribution < -0.4 is 9.47 Å². The molecule has 5 nitrogen and oxygen atoms in total. The van der Waals surface area contributed by atoms with Crippen LogP contribution in [0.4, 0.5) is 4.39 Å². The van der Waals surface area contributed by atoms with Gasteiger partial charge in [0.2, 0.25) is 0 Å². The number of halogens is 1. The standard InChI is InChI=1S/C23H21FN2O3/c1-4-13-29-22-12-6-17(14-23(22)28-3)5-11-21(27)20-15-25-26(16(20)2)19-9-7-18(24)8-10-19/h4-12,14-15H,1,13H2,2-3H3/b11-5+. The van der Waals surface area contributed by atoms with E-state index in [0.29, 0.717) is 35.1 Å². The van der Waals surface area contributed by atoms with Gasteiger partial charge in [-0.05, 0) is 55.0 Å². The lowest BCUT2D eigenvalue weighted by Crippen LogP contribution is -2.01. The largest absolute Gasteiger partial charge is 0.493 e. The van der Waals surface area contributed by atoms with Crippen LogP contribution in [-0.4, -0.2) is 29.3 Å². The maximum atomic E-state index is 13.1. The average Bonchev–Trinajstić information content (AvgIpc) is 3.12. The third-order valence-electron chi connectivity index (χ3n) is 4.32. The summed E-state index contributed by atoms with van der Waals surface area (Å²) in [5, 5.41) is 4.25. The van der Waals surface area contributed by atoms with E-state index in [9.17, 15) is 9.18 Å². The number of aromatic nitrogens is 2. The molecule has 0 bridgehead atoms. The Morgan fingerprint density at radius 1 is 1.21 bits per heavy atom. The number of benzene rings is 2. The number of allylic oxidation sites excluding steroid dienone is 1. The van der Waals surface area contributed by atoms with Gasteiger partial charge < -0.3 is 9.47 Å². The summed E-state index contributed by atoms with van der Waals surface area (Å²) in [5.74, 6) is 0.671. The highest BCUT2D eigenvalue weighted by Crippen LogP contribution is 2.28. The van der Waals surface area contributed by atoms with Gasteiger partial charge in [-0.2, -0.15) is 5.10 Å². The Hall–Kier alpha value is -3.67. The predicted molar refractivity (Wildman–Crippen MR) is 110 cm³/mol. The second-order valence-corrected chi connectivity index (χ2v) is 6.24. The minimum atomic E-state index is -0.325. The van der Waals surface area contributed by atoms with Gasteiger partial charge in [-0.3, -0.25) is 4.79 Å². The molecule has 0 atom stereocenters. The van der Waals surface area contributed by atoms with Crippen molar-refractivity contribution in [3.8, 4) is 17.2 Å². The molecule has 3 rings (SSSR count). The molecule has 1 aromatic heterocycles. The molecule has 0 aliphatic carbocycles. The first kappa shape index (κ1) is 20.1. The van der Waals surface area contributed by atoms with Crippen LogP contribution in [-0.2, 0) is 0 Å². The first-order valence-corrected chi connectivity index (χ1v) is 8.98. The molecule has 6 heteroatoms. The fourth-order valence-corrected chi connectivity index (χ4v) is 2.81. The van der Waals surface area contributed by atoms with Crippen LogP contribution in [0.5, 0.6) is 11.5 Å². The molecule has 0 unspecified atom stereocenters. The summed E-state index contributed by atoms with van der Waals surface area (Å²) in [6.45, 7) is 5.79. The number of ether oxygens (including phenoxy) is 2. The fourth-order valence-electron chi connectivity index (χ4n) is 2.81. The lowest BCUT2D eigenvalue weighted by molar-refractivity contribution is 0.104. The second kappa shape index (κ2) is 9.01. The van der Waals surface area contributed by atoms with Crippen molar-refractivity contribution in [2.45, 2.75) is 6.92 Å². The van der Waals surface area contributed by atoms with E-state index in [2.05, 4.69) is 11.7 Å².